The summed E-state index contributed by atoms with van der Waals surface area (Å²) >= 11 is 0. The Kier molecular flexibility index (Phi) is 3.00. The van der Waals surface area contributed by atoms with E-state index in [4.69, 9.17) is 0 Å². The molecule has 0 aromatic heterocycles. The van der Waals surface area contributed by atoms with E-state index < -0.39 is 5.92 Å². The van der Waals surface area contributed by atoms with Gasteiger partial charge in [-0.25, -0.2) is 8.78 Å². The summed E-state index contributed by atoms with van der Waals surface area (Å²) in [5.41, 5.74) is 0.124. The van der Waals surface area contributed by atoms with E-state index in [-0.39, 0.29) is 18.0 Å². The van der Waals surface area contributed by atoms with Gasteiger partial charge in [-0.15, -0.1) is 0 Å². The van der Waals surface area contributed by atoms with Crippen LogP contribution in [0.4, 0.5) is 8.78 Å². The van der Waals surface area contributed by atoms with Gasteiger partial charge in [0.1, 0.15) is 0 Å². The van der Waals surface area contributed by atoms with Gasteiger partial charge >= 0.3 is 0 Å². The van der Waals surface area contributed by atoms with Gasteiger partial charge in [-0.05, 0) is 19.4 Å². The highest BCUT2D eigenvalue weighted by molar-refractivity contribution is 5.20. The highest BCUT2D eigenvalue weighted by Gasteiger charge is 2.35. The second-order valence-corrected chi connectivity index (χ2v) is 4.07. The van der Waals surface area contributed by atoms with E-state index in [1.54, 1.807) is 18.2 Å². The van der Waals surface area contributed by atoms with Crippen LogP contribution in [0.25, 0.3) is 0 Å². The first-order chi connectivity index (χ1) is 7.18. The molecule has 0 aliphatic carbocycles. The first-order valence-corrected chi connectivity index (χ1v) is 5.35. The lowest BCUT2D eigenvalue weighted by Crippen LogP contribution is -2.29. The van der Waals surface area contributed by atoms with Gasteiger partial charge in [0.25, 0.3) is 5.92 Å². The summed E-state index contributed by atoms with van der Waals surface area (Å²) in [6, 6.07) is 8.04. The van der Waals surface area contributed by atoms with Crippen LogP contribution in [0.5, 0.6) is 0 Å². The fourth-order valence-corrected chi connectivity index (χ4v) is 2.04. The zero-order valence-electron chi connectivity index (χ0n) is 8.55. The molecule has 15 heavy (non-hydrogen) atoms. The monoisotopic (exact) mass is 211 g/mol. The first-order valence-electron chi connectivity index (χ1n) is 5.35. The van der Waals surface area contributed by atoms with Crippen molar-refractivity contribution in [2.45, 2.75) is 31.2 Å². The predicted molar refractivity (Wildman–Crippen MR) is 56.0 cm³/mol. The van der Waals surface area contributed by atoms with Gasteiger partial charge in [-0.1, -0.05) is 30.3 Å². The topological polar surface area (TPSA) is 12.0 Å². The molecule has 1 aromatic carbocycles. The second-order valence-electron chi connectivity index (χ2n) is 4.07. The molecule has 82 valence electrons. The minimum absolute atomic E-state index is 0.0276. The molecule has 0 radical (unpaired) electrons. The van der Waals surface area contributed by atoms with Gasteiger partial charge in [-0.3, -0.25) is 0 Å². The lowest BCUT2D eigenvalue weighted by atomic mass is 10.00. The van der Waals surface area contributed by atoms with Crippen molar-refractivity contribution in [2.24, 2.45) is 0 Å². The van der Waals surface area contributed by atoms with Crippen molar-refractivity contribution < 1.29 is 8.78 Å². The van der Waals surface area contributed by atoms with Crippen LogP contribution in [0.3, 0.4) is 0 Å². The Bertz CT molecular complexity index is 305. The van der Waals surface area contributed by atoms with Crippen LogP contribution in [-0.2, 0) is 5.92 Å². The molecule has 0 spiro atoms. The Morgan fingerprint density at radius 1 is 1.27 bits per heavy atom. The van der Waals surface area contributed by atoms with Gasteiger partial charge < -0.3 is 5.32 Å². The Labute approximate surface area is 88.5 Å². The highest BCUT2D eigenvalue weighted by atomic mass is 19.3. The number of hydrogen-bond acceptors (Lipinski definition) is 1. The zero-order valence-corrected chi connectivity index (χ0v) is 8.55. The number of hydrogen-bond donors (Lipinski definition) is 1. The van der Waals surface area contributed by atoms with E-state index in [1.807, 2.05) is 0 Å². The number of benzene rings is 1. The van der Waals surface area contributed by atoms with Crippen LogP contribution in [-0.4, -0.2) is 12.6 Å². The fourth-order valence-electron chi connectivity index (χ4n) is 2.04. The summed E-state index contributed by atoms with van der Waals surface area (Å²) in [5, 5.41) is 3.10. The van der Waals surface area contributed by atoms with Crippen LogP contribution in [0.1, 0.15) is 24.8 Å². The molecule has 1 fully saturated rings. The number of rotatable bonds is 3. The molecular weight excluding hydrogens is 196 g/mol. The lowest BCUT2D eigenvalue weighted by molar-refractivity contribution is -0.0213. The molecule has 1 aliphatic heterocycles. The van der Waals surface area contributed by atoms with E-state index in [0.717, 1.165) is 19.4 Å². The van der Waals surface area contributed by atoms with E-state index in [1.165, 1.54) is 12.1 Å². The van der Waals surface area contributed by atoms with Gasteiger partial charge in [-0.2, -0.15) is 0 Å². The SMILES string of the molecule is FC(F)(CC1CCCN1)c1ccccc1. The molecule has 1 saturated heterocycles. The molecule has 2 rings (SSSR count). The Balaban J connectivity index is 2.05. The van der Waals surface area contributed by atoms with Crippen molar-refractivity contribution in [3.63, 3.8) is 0 Å². The Hall–Kier alpha value is -0.960. The molecule has 3 heteroatoms. The third-order valence-corrected chi connectivity index (χ3v) is 2.86. The average molecular weight is 211 g/mol. The summed E-state index contributed by atoms with van der Waals surface area (Å²) in [4.78, 5) is 0. The summed E-state index contributed by atoms with van der Waals surface area (Å²) in [6.45, 7) is 0.871. The van der Waals surface area contributed by atoms with Gasteiger partial charge in [0.05, 0.1) is 0 Å². The summed E-state index contributed by atoms with van der Waals surface area (Å²) in [6.07, 6.45) is 1.79. The van der Waals surface area contributed by atoms with Gasteiger partial charge in [0.15, 0.2) is 0 Å². The average Bonchev–Trinajstić information content (AvgIpc) is 2.71. The molecule has 0 bridgehead atoms. The van der Waals surface area contributed by atoms with Crippen LogP contribution < -0.4 is 5.32 Å². The summed E-state index contributed by atoms with van der Waals surface area (Å²) in [5.74, 6) is -2.71. The quantitative estimate of drug-likeness (QED) is 0.810. The van der Waals surface area contributed by atoms with Crippen LogP contribution in [0.15, 0.2) is 30.3 Å². The van der Waals surface area contributed by atoms with E-state index in [0.29, 0.717) is 0 Å². The number of nitrogens with one attached hydrogen (secondary N) is 1. The van der Waals surface area contributed by atoms with Crippen molar-refractivity contribution >= 4 is 0 Å². The van der Waals surface area contributed by atoms with Crippen LogP contribution >= 0.6 is 0 Å². The largest absolute Gasteiger partial charge is 0.314 e. The Morgan fingerprint density at radius 3 is 2.60 bits per heavy atom. The van der Waals surface area contributed by atoms with Crippen LogP contribution in [0, 0.1) is 0 Å². The third-order valence-electron chi connectivity index (χ3n) is 2.86. The minimum atomic E-state index is -2.71. The lowest BCUT2D eigenvalue weighted by Gasteiger charge is -2.20. The molecule has 0 saturated carbocycles. The molecule has 1 N–H and O–H groups in total. The fraction of sp³-hybridized carbons (Fsp3) is 0.500. The van der Waals surface area contributed by atoms with Crippen molar-refractivity contribution in [3.05, 3.63) is 35.9 Å². The Morgan fingerprint density at radius 2 is 2.00 bits per heavy atom. The summed E-state index contributed by atoms with van der Waals surface area (Å²) < 4.78 is 27.5. The molecule has 0 amide bonds. The van der Waals surface area contributed by atoms with Crippen molar-refractivity contribution in [3.8, 4) is 0 Å². The number of alkyl halides is 2. The van der Waals surface area contributed by atoms with Gasteiger partial charge in [0, 0.05) is 18.0 Å². The molecule has 1 aromatic rings. The van der Waals surface area contributed by atoms with E-state index in [2.05, 4.69) is 5.32 Å². The number of halogens is 2. The van der Waals surface area contributed by atoms with Crippen molar-refractivity contribution in [1.82, 2.24) is 5.32 Å². The van der Waals surface area contributed by atoms with E-state index >= 15 is 0 Å². The third kappa shape index (κ3) is 2.53. The van der Waals surface area contributed by atoms with E-state index in [9.17, 15) is 8.78 Å². The maximum atomic E-state index is 13.8. The zero-order chi connectivity index (χ0) is 10.7. The predicted octanol–water partition coefficient (Wildman–Crippen LogP) is 2.92. The van der Waals surface area contributed by atoms with Crippen LogP contribution in [0.2, 0.25) is 0 Å². The summed E-state index contributed by atoms with van der Waals surface area (Å²) in [7, 11) is 0. The highest BCUT2D eigenvalue weighted by Crippen LogP contribution is 2.34. The normalized spacial score (nSPS) is 21.9. The molecule has 1 aliphatic rings. The molecule has 1 nitrogen and oxygen atoms in total. The van der Waals surface area contributed by atoms with Crippen molar-refractivity contribution in [2.75, 3.05) is 6.54 Å². The van der Waals surface area contributed by atoms with Gasteiger partial charge in [0.2, 0.25) is 0 Å². The molecule has 1 atom stereocenters. The standard InChI is InChI=1S/C12H15F2N/c13-12(14,9-11-7-4-8-15-11)10-5-2-1-3-6-10/h1-3,5-6,11,15H,4,7-9H2. The minimum Gasteiger partial charge on any atom is -0.314 e. The molecule has 1 heterocycles. The first kappa shape index (κ1) is 10.6. The molecule has 1 unspecified atom stereocenters. The van der Waals surface area contributed by atoms with Crippen molar-refractivity contribution in [1.29, 1.82) is 0 Å². The molecular formula is C12H15F2N. The maximum Gasteiger partial charge on any atom is 0.274 e. The second kappa shape index (κ2) is 4.27. The maximum absolute atomic E-state index is 13.8. The smallest absolute Gasteiger partial charge is 0.274 e.